The van der Waals surface area contributed by atoms with Crippen molar-refractivity contribution in [3.63, 3.8) is 0 Å². The van der Waals surface area contributed by atoms with E-state index in [9.17, 15) is 39.0 Å². The van der Waals surface area contributed by atoms with Crippen LogP contribution in [0.5, 0.6) is 0 Å². The lowest BCUT2D eigenvalue weighted by Crippen LogP contribution is -2.14. The molecule has 32 heavy (non-hydrogen) atoms. The van der Waals surface area contributed by atoms with E-state index < -0.39 is 86.3 Å². The maximum Gasteiger partial charge on any atom is 0.702 e. The van der Waals surface area contributed by atoms with E-state index in [2.05, 4.69) is 17.4 Å². The van der Waals surface area contributed by atoms with Crippen LogP contribution in [0.4, 0.5) is 17.6 Å². The summed E-state index contributed by atoms with van der Waals surface area (Å²) in [6.07, 6.45) is 0. The number of benzene rings is 2. The first-order valence-corrected chi connectivity index (χ1v) is 12.1. The predicted molar refractivity (Wildman–Crippen MR) is 98.2 cm³/mol. The van der Waals surface area contributed by atoms with Crippen LogP contribution in [0.1, 0.15) is 11.1 Å². The molecule has 0 aliphatic heterocycles. The molecule has 0 radical (unpaired) electrons. The van der Waals surface area contributed by atoms with Crippen LogP contribution in [0.3, 0.4) is 0 Å². The minimum Gasteiger partial charge on any atom is -0.232 e. The maximum atomic E-state index is 13.7. The summed E-state index contributed by atoms with van der Waals surface area (Å²) in [4.78, 5) is -2.20. The largest absolute Gasteiger partial charge is 0.702 e. The minimum absolute atomic E-state index is 0.559. The lowest BCUT2D eigenvalue weighted by molar-refractivity contribution is 0.0751. The first kappa shape index (κ1) is 26.3. The van der Waals surface area contributed by atoms with Crippen molar-refractivity contribution in [1.29, 1.82) is 0 Å². The second-order valence-corrected chi connectivity index (χ2v) is 9.90. The van der Waals surface area contributed by atoms with Gasteiger partial charge in [0.2, 0.25) is 13.6 Å². The van der Waals surface area contributed by atoms with Gasteiger partial charge >= 0.3 is 28.5 Å². The highest BCUT2D eigenvalue weighted by molar-refractivity contribution is 7.87. The quantitative estimate of drug-likeness (QED) is 0.200. The summed E-state index contributed by atoms with van der Waals surface area (Å²) in [6, 6.07) is 2.53. The Bertz CT molecular complexity index is 1160. The zero-order valence-electron chi connectivity index (χ0n) is 16.2. The van der Waals surface area contributed by atoms with Crippen LogP contribution in [0.25, 0.3) is 0 Å². The molecule has 2 rings (SSSR count). The van der Waals surface area contributed by atoms with Gasteiger partial charge in [0.05, 0.1) is 0 Å². The van der Waals surface area contributed by atoms with Crippen molar-refractivity contribution in [2.45, 2.75) is 23.6 Å². The normalized spacial score (nSPS) is 12.2. The standard InChI is InChI=1S/C16H14F4O9PS2/c1-9-11(17)3-5-13(19)15(9)31(22,23)28-7-26-30(21)27-8-29-32(24,25)16-10(2)12(18)4-6-14(16)20/h3-6H,7-8H2,1-2H3/q+1. The van der Waals surface area contributed by atoms with E-state index in [0.717, 1.165) is 13.8 Å². The molecule has 16 heteroatoms. The molecule has 0 N–H and O–H groups in total. The SMILES string of the molecule is Cc1c(F)ccc(F)c1S(=O)(=O)OCO[P+](=O)OCOS(=O)(=O)c1c(F)ccc(F)c1C. The first-order chi connectivity index (χ1) is 14.8. The summed E-state index contributed by atoms with van der Waals surface area (Å²) >= 11 is 0. The Labute approximate surface area is 181 Å². The van der Waals surface area contributed by atoms with Gasteiger partial charge in [0.25, 0.3) is 0 Å². The molecule has 0 heterocycles. The van der Waals surface area contributed by atoms with Crippen molar-refractivity contribution in [2.75, 3.05) is 13.6 Å². The Morgan fingerprint density at radius 2 is 1.00 bits per heavy atom. The molecule has 0 atom stereocenters. The molecule has 2 aromatic rings. The van der Waals surface area contributed by atoms with Gasteiger partial charge in [-0.1, -0.05) is 9.05 Å². The van der Waals surface area contributed by atoms with Gasteiger partial charge in [-0.2, -0.15) is 16.8 Å². The van der Waals surface area contributed by atoms with E-state index in [0.29, 0.717) is 24.3 Å². The van der Waals surface area contributed by atoms with Crippen LogP contribution in [0, 0.1) is 37.1 Å². The number of halogens is 4. The van der Waals surface area contributed by atoms with Crippen molar-refractivity contribution >= 4 is 28.5 Å². The van der Waals surface area contributed by atoms with Crippen molar-refractivity contribution in [1.82, 2.24) is 0 Å². The summed E-state index contributed by atoms with van der Waals surface area (Å²) in [5.74, 6) is -4.65. The summed E-state index contributed by atoms with van der Waals surface area (Å²) in [5.41, 5.74) is -1.13. The van der Waals surface area contributed by atoms with Crippen molar-refractivity contribution in [3.05, 3.63) is 58.7 Å². The van der Waals surface area contributed by atoms with Crippen LogP contribution >= 0.6 is 8.25 Å². The Kier molecular flexibility index (Phi) is 8.44. The first-order valence-electron chi connectivity index (χ1n) is 8.19. The molecular formula is C16H14F4O9PS2+. The molecule has 0 saturated heterocycles. The Morgan fingerprint density at radius 1 is 0.688 bits per heavy atom. The lowest BCUT2D eigenvalue weighted by atomic mass is 10.2. The average Bonchev–Trinajstić information content (AvgIpc) is 2.67. The van der Waals surface area contributed by atoms with Crippen LogP contribution < -0.4 is 0 Å². The highest BCUT2D eigenvalue weighted by Crippen LogP contribution is 2.28. The van der Waals surface area contributed by atoms with Gasteiger partial charge in [-0.25, -0.2) is 25.9 Å². The van der Waals surface area contributed by atoms with Crippen molar-refractivity contribution in [2.24, 2.45) is 0 Å². The van der Waals surface area contributed by atoms with E-state index >= 15 is 0 Å². The van der Waals surface area contributed by atoms with E-state index in [1.807, 2.05) is 0 Å². The van der Waals surface area contributed by atoms with Crippen molar-refractivity contribution in [3.8, 4) is 0 Å². The molecule has 0 fully saturated rings. The Morgan fingerprint density at radius 3 is 1.34 bits per heavy atom. The Balaban J connectivity index is 1.92. The molecule has 2 aromatic carbocycles. The van der Waals surface area contributed by atoms with Gasteiger partial charge < -0.3 is 0 Å². The molecule has 176 valence electrons. The third-order valence-electron chi connectivity index (χ3n) is 3.81. The summed E-state index contributed by atoms with van der Waals surface area (Å²) in [6.45, 7) is -0.589. The highest BCUT2D eigenvalue weighted by Gasteiger charge is 2.30. The summed E-state index contributed by atoms with van der Waals surface area (Å²) < 4.78 is 131. The molecule has 0 aliphatic rings. The Hall–Kier alpha value is -2.00. The lowest BCUT2D eigenvalue weighted by Gasteiger charge is -2.08. The summed E-state index contributed by atoms with van der Waals surface area (Å²) in [7, 11) is -13.0. The zero-order chi connectivity index (χ0) is 24.3. The van der Waals surface area contributed by atoms with Crippen LogP contribution in [-0.4, -0.2) is 30.4 Å². The molecule has 0 bridgehead atoms. The third-order valence-corrected chi connectivity index (χ3v) is 7.25. The molecule has 0 amide bonds. The van der Waals surface area contributed by atoms with E-state index in [1.165, 1.54) is 0 Å². The van der Waals surface area contributed by atoms with Crippen molar-refractivity contribution < 1.29 is 56.4 Å². The maximum absolute atomic E-state index is 13.7. The van der Waals surface area contributed by atoms with Crippen LogP contribution in [0.2, 0.25) is 0 Å². The van der Waals surface area contributed by atoms with E-state index in [4.69, 9.17) is 0 Å². The van der Waals surface area contributed by atoms with Crippen LogP contribution in [-0.2, 0) is 42.2 Å². The molecule has 0 unspecified atom stereocenters. The zero-order valence-corrected chi connectivity index (χ0v) is 18.7. The predicted octanol–water partition coefficient (Wildman–Crippen LogP) is 3.58. The fourth-order valence-corrected chi connectivity index (χ4v) is 4.93. The van der Waals surface area contributed by atoms with E-state index in [-0.39, 0.29) is 0 Å². The topological polar surface area (TPSA) is 122 Å². The smallest absolute Gasteiger partial charge is 0.232 e. The molecular weight excluding hydrogens is 507 g/mol. The van der Waals surface area contributed by atoms with Gasteiger partial charge in [0.1, 0.15) is 33.1 Å². The highest BCUT2D eigenvalue weighted by atomic mass is 32.2. The molecule has 0 aromatic heterocycles. The van der Waals surface area contributed by atoms with Gasteiger partial charge in [0.15, 0.2) is 0 Å². The third kappa shape index (κ3) is 6.07. The van der Waals surface area contributed by atoms with Crippen LogP contribution in [0.15, 0.2) is 34.1 Å². The molecule has 0 spiro atoms. The molecule has 0 saturated carbocycles. The van der Waals surface area contributed by atoms with Gasteiger partial charge in [-0.3, -0.25) is 0 Å². The number of rotatable bonds is 10. The fraction of sp³-hybridized carbons (Fsp3) is 0.250. The fourth-order valence-electron chi connectivity index (χ4n) is 2.29. The van der Waals surface area contributed by atoms with E-state index in [1.54, 1.807) is 0 Å². The van der Waals surface area contributed by atoms with Gasteiger partial charge in [-0.05, 0) is 38.1 Å². The monoisotopic (exact) mass is 521 g/mol. The summed E-state index contributed by atoms with van der Waals surface area (Å²) in [5, 5.41) is 0. The second-order valence-electron chi connectivity index (χ2n) is 5.83. The molecule has 9 nitrogen and oxygen atoms in total. The van der Waals surface area contributed by atoms with Gasteiger partial charge in [-0.15, -0.1) is 0 Å². The average molecular weight is 521 g/mol. The molecule has 0 aliphatic carbocycles. The van der Waals surface area contributed by atoms with Gasteiger partial charge in [0, 0.05) is 15.7 Å². The number of hydrogen-bond donors (Lipinski definition) is 0. The number of hydrogen-bond acceptors (Lipinski definition) is 9. The second kappa shape index (κ2) is 10.3. The minimum atomic E-state index is -4.86.